The molecule has 0 atom stereocenters. The first kappa shape index (κ1) is 20.4. The van der Waals surface area contributed by atoms with Crippen molar-refractivity contribution in [1.29, 1.82) is 0 Å². The molecule has 0 aromatic rings. The number of nitrogens with one attached hydrogen (secondary N) is 1. The topological polar surface area (TPSA) is 58.6 Å². The fourth-order valence-corrected chi connectivity index (χ4v) is 2.22. The highest BCUT2D eigenvalue weighted by atomic mass is 16.5. The largest absolute Gasteiger partial charge is 0.481 e. The molecule has 2 N–H and O–H groups in total. The van der Waals surface area contributed by atoms with Gasteiger partial charge in [0.2, 0.25) is 0 Å². The van der Waals surface area contributed by atoms with E-state index in [1.54, 1.807) is 0 Å². The summed E-state index contributed by atoms with van der Waals surface area (Å²) in [7, 11) is 0. The van der Waals surface area contributed by atoms with Gasteiger partial charge < -0.3 is 15.2 Å². The molecule has 0 saturated carbocycles. The van der Waals surface area contributed by atoms with E-state index in [9.17, 15) is 4.79 Å². The monoisotopic (exact) mass is 301 g/mol. The van der Waals surface area contributed by atoms with Gasteiger partial charge >= 0.3 is 5.97 Å². The van der Waals surface area contributed by atoms with Crippen molar-refractivity contribution in [3.05, 3.63) is 0 Å². The van der Waals surface area contributed by atoms with Gasteiger partial charge in [0.25, 0.3) is 0 Å². The number of carboxylic acids is 1. The summed E-state index contributed by atoms with van der Waals surface area (Å²) in [5, 5.41) is 11.9. The van der Waals surface area contributed by atoms with Crippen LogP contribution in [-0.2, 0) is 9.53 Å². The molecule has 0 aromatic heterocycles. The summed E-state index contributed by atoms with van der Waals surface area (Å²) in [6, 6.07) is 0. The van der Waals surface area contributed by atoms with E-state index in [-0.39, 0.29) is 6.42 Å². The molecule has 0 heterocycles. The Bertz CT molecular complexity index is 222. The molecule has 0 radical (unpaired) electrons. The number of unbranched alkanes of at least 4 members (excludes halogenated alkanes) is 8. The Hall–Kier alpha value is -0.610. The van der Waals surface area contributed by atoms with Gasteiger partial charge in [0.05, 0.1) is 13.0 Å². The highest BCUT2D eigenvalue weighted by molar-refractivity contribution is 5.66. The van der Waals surface area contributed by atoms with Gasteiger partial charge in [-0.3, -0.25) is 4.79 Å². The van der Waals surface area contributed by atoms with Crippen LogP contribution in [0.4, 0.5) is 0 Å². The van der Waals surface area contributed by atoms with Crippen molar-refractivity contribution < 1.29 is 14.6 Å². The van der Waals surface area contributed by atoms with Crippen LogP contribution in [0.1, 0.15) is 77.6 Å². The van der Waals surface area contributed by atoms with Gasteiger partial charge in [-0.15, -0.1) is 0 Å². The van der Waals surface area contributed by atoms with Crippen molar-refractivity contribution >= 4 is 5.97 Å². The van der Waals surface area contributed by atoms with E-state index in [0.29, 0.717) is 13.2 Å². The van der Waals surface area contributed by atoms with Crippen molar-refractivity contribution in [2.45, 2.75) is 77.6 Å². The second-order valence-electron chi connectivity index (χ2n) is 5.69. The number of carbonyl (C=O) groups is 1. The predicted octanol–water partition coefficient (Wildman–Crippen LogP) is 3.99. The predicted molar refractivity (Wildman–Crippen MR) is 87.8 cm³/mol. The highest BCUT2D eigenvalue weighted by Gasteiger charge is 1.96. The fourth-order valence-electron chi connectivity index (χ4n) is 2.22. The van der Waals surface area contributed by atoms with Crippen molar-refractivity contribution in [3.8, 4) is 0 Å². The zero-order valence-corrected chi connectivity index (χ0v) is 13.9. The summed E-state index contributed by atoms with van der Waals surface area (Å²) in [6.07, 6.45) is 13.0. The van der Waals surface area contributed by atoms with Crippen molar-refractivity contribution in [3.63, 3.8) is 0 Å². The molecule has 21 heavy (non-hydrogen) atoms. The molecule has 0 amide bonds. The number of hydrogen-bond acceptors (Lipinski definition) is 3. The SMILES string of the molecule is CCCCCCCCCNCCCCCOCCC(=O)O. The Morgan fingerprint density at radius 1 is 0.857 bits per heavy atom. The van der Waals surface area contributed by atoms with Crippen LogP contribution in [-0.4, -0.2) is 37.4 Å². The maximum absolute atomic E-state index is 10.3. The van der Waals surface area contributed by atoms with Crippen LogP contribution in [0, 0.1) is 0 Å². The first-order chi connectivity index (χ1) is 10.3. The minimum atomic E-state index is -0.787. The zero-order chi connectivity index (χ0) is 15.6. The summed E-state index contributed by atoms with van der Waals surface area (Å²) in [6.45, 7) is 5.51. The third-order valence-electron chi connectivity index (χ3n) is 3.56. The Morgan fingerprint density at radius 3 is 2.05 bits per heavy atom. The summed E-state index contributed by atoms with van der Waals surface area (Å²) in [5.41, 5.74) is 0. The molecule has 0 aliphatic carbocycles. The normalized spacial score (nSPS) is 10.9. The van der Waals surface area contributed by atoms with Crippen LogP contribution in [0.5, 0.6) is 0 Å². The lowest BCUT2D eigenvalue weighted by Gasteiger charge is -2.05. The molecule has 0 aromatic carbocycles. The zero-order valence-electron chi connectivity index (χ0n) is 13.9. The van der Waals surface area contributed by atoms with Crippen LogP contribution < -0.4 is 5.32 Å². The van der Waals surface area contributed by atoms with Gasteiger partial charge in [0, 0.05) is 6.61 Å². The summed E-state index contributed by atoms with van der Waals surface area (Å²) >= 11 is 0. The number of rotatable bonds is 17. The summed E-state index contributed by atoms with van der Waals surface area (Å²) in [4.78, 5) is 10.3. The fraction of sp³-hybridized carbons (Fsp3) is 0.941. The standard InChI is InChI=1S/C17H35NO3/c1-2-3-4-5-6-7-9-13-18-14-10-8-11-15-21-16-12-17(19)20/h18H,2-16H2,1H3,(H,19,20). The Balaban J connectivity index is 2.95. The molecule has 0 aliphatic rings. The number of carboxylic acid groups (broad SMARTS) is 1. The Morgan fingerprint density at radius 2 is 1.43 bits per heavy atom. The molecular weight excluding hydrogens is 266 g/mol. The van der Waals surface area contributed by atoms with Gasteiger partial charge in [-0.05, 0) is 38.8 Å². The molecule has 0 spiro atoms. The van der Waals surface area contributed by atoms with E-state index in [2.05, 4.69) is 12.2 Å². The first-order valence-electron chi connectivity index (χ1n) is 8.77. The molecule has 4 nitrogen and oxygen atoms in total. The van der Waals surface area contributed by atoms with Gasteiger partial charge in [-0.1, -0.05) is 45.4 Å². The maximum Gasteiger partial charge on any atom is 0.305 e. The van der Waals surface area contributed by atoms with Gasteiger partial charge in [-0.25, -0.2) is 0 Å². The summed E-state index contributed by atoms with van der Waals surface area (Å²) in [5.74, 6) is -0.787. The number of ether oxygens (including phenoxy) is 1. The minimum Gasteiger partial charge on any atom is -0.481 e. The molecule has 0 saturated heterocycles. The average molecular weight is 301 g/mol. The van der Waals surface area contributed by atoms with E-state index in [0.717, 1.165) is 25.9 Å². The van der Waals surface area contributed by atoms with Crippen LogP contribution in [0.2, 0.25) is 0 Å². The minimum absolute atomic E-state index is 0.111. The molecule has 0 fully saturated rings. The lowest BCUT2D eigenvalue weighted by molar-refractivity contribution is -0.138. The van der Waals surface area contributed by atoms with Crippen LogP contribution in [0.3, 0.4) is 0 Å². The molecule has 0 rings (SSSR count). The maximum atomic E-state index is 10.3. The highest BCUT2D eigenvalue weighted by Crippen LogP contribution is 2.06. The third-order valence-corrected chi connectivity index (χ3v) is 3.56. The van der Waals surface area contributed by atoms with Gasteiger partial charge in [0.15, 0.2) is 0 Å². The van der Waals surface area contributed by atoms with Crippen molar-refractivity contribution in [2.24, 2.45) is 0 Å². The molecule has 0 bridgehead atoms. The van der Waals surface area contributed by atoms with E-state index in [4.69, 9.17) is 9.84 Å². The Kier molecular flexibility index (Phi) is 16.9. The number of aliphatic carboxylic acids is 1. The second kappa shape index (κ2) is 17.4. The van der Waals surface area contributed by atoms with E-state index in [1.165, 1.54) is 51.4 Å². The molecular formula is C17H35NO3. The van der Waals surface area contributed by atoms with Gasteiger partial charge in [-0.2, -0.15) is 0 Å². The average Bonchev–Trinajstić information content (AvgIpc) is 2.46. The van der Waals surface area contributed by atoms with Crippen molar-refractivity contribution in [1.82, 2.24) is 5.32 Å². The molecule has 4 heteroatoms. The molecule has 0 aliphatic heterocycles. The lowest BCUT2D eigenvalue weighted by Crippen LogP contribution is -2.16. The Labute approximate surface area is 130 Å². The second-order valence-corrected chi connectivity index (χ2v) is 5.69. The molecule has 0 unspecified atom stereocenters. The van der Waals surface area contributed by atoms with E-state index < -0.39 is 5.97 Å². The lowest BCUT2D eigenvalue weighted by atomic mass is 10.1. The quantitative estimate of drug-likeness (QED) is 0.399. The summed E-state index contributed by atoms with van der Waals surface area (Å²) < 4.78 is 5.24. The van der Waals surface area contributed by atoms with Crippen LogP contribution >= 0.6 is 0 Å². The third kappa shape index (κ3) is 19.4. The first-order valence-corrected chi connectivity index (χ1v) is 8.77. The molecule has 126 valence electrons. The van der Waals surface area contributed by atoms with E-state index >= 15 is 0 Å². The van der Waals surface area contributed by atoms with Crippen LogP contribution in [0.25, 0.3) is 0 Å². The van der Waals surface area contributed by atoms with E-state index in [1.807, 2.05) is 0 Å². The van der Waals surface area contributed by atoms with Crippen molar-refractivity contribution in [2.75, 3.05) is 26.3 Å². The van der Waals surface area contributed by atoms with Crippen LogP contribution in [0.15, 0.2) is 0 Å². The number of hydrogen-bond donors (Lipinski definition) is 2. The van der Waals surface area contributed by atoms with Gasteiger partial charge in [0.1, 0.15) is 0 Å². The smallest absolute Gasteiger partial charge is 0.305 e.